The SMILES string of the molecule is CN[C@@H](C)C(=O)N[C@@H](CC(=O)O)C(=O)N1C[C@@H]2C[C@H]1C(=O)N[C@@H](Cc1ccc3ccccc3c1)C(=O)N[C@H](C(=O)O)CCC(=O)N[C@H]1C[C@@H](C(=O)N[C@@H](Cc3ccc4ccccc4c3)C(=O)N[C@H](C(=O)O)Cc3ccc(cc3)OC/C=C/CO2)N(C(=O)[C@@H](NC(=O)[C@H](C)NC)C(C)(C)C)C1. The molecule has 4 aliphatic rings. The molecule has 0 spiro atoms. The van der Waals surface area contributed by atoms with Gasteiger partial charge in [0, 0.05) is 51.2 Å². The molecule has 4 aliphatic heterocycles. The van der Waals surface area contributed by atoms with Gasteiger partial charge in [0.2, 0.25) is 53.2 Å². The Morgan fingerprint density at radius 2 is 1.09 bits per heavy atom. The number of carbonyl (C=O) groups excluding carboxylic acids is 9. The summed E-state index contributed by atoms with van der Waals surface area (Å²) < 4.78 is 12.1. The molecule has 0 unspecified atom stereocenters. The van der Waals surface area contributed by atoms with Gasteiger partial charge in [-0.1, -0.05) is 124 Å². The van der Waals surface area contributed by atoms with Gasteiger partial charge in [-0.3, -0.25) is 47.9 Å². The number of likely N-dealkylation sites (tertiary alicyclic amines) is 2. The van der Waals surface area contributed by atoms with E-state index in [2.05, 4.69) is 47.9 Å². The van der Waals surface area contributed by atoms with Crippen LogP contribution in [-0.2, 0) is 81.5 Å². The quantitative estimate of drug-likeness (QED) is 0.0625. The van der Waals surface area contributed by atoms with Crippen LogP contribution < -0.4 is 52.6 Å². The molecule has 28 nitrogen and oxygen atoms in total. The zero-order valence-electron chi connectivity index (χ0n) is 56.9. The number of benzene rings is 5. The van der Waals surface area contributed by atoms with Gasteiger partial charge >= 0.3 is 17.9 Å². The number of aliphatic carboxylic acids is 3. The second-order valence-corrected chi connectivity index (χ2v) is 26.6. The molecule has 5 aromatic rings. The van der Waals surface area contributed by atoms with Crippen molar-refractivity contribution < 1.29 is 82.3 Å². The first kappa shape index (κ1) is 75.5. The van der Waals surface area contributed by atoms with Gasteiger partial charge in [-0.2, -0.15) is 0 Å². The number of ether oxygens (including phenoxy) is 2. The lowest BCUT2D eigenvalue weighted by molar-refractivity contribution is -0.146. The highest BCUT2D eigenvalue weighted by Gasteiger charge is 2.48. The van der Waals surface area contributed by atoms with Gasteiger partial charge in [0.1, 0.15) is 60.7 Å². The van der Waals surface area contributed by atoms with Gasteiger partial charge in [-0.25, -0.2) is 9.59 Å². The van der Waals surface area contributed by atoms with E-state index in [4.69, 9.17) is 9.47 Å². The predicted octanol–water partition coefficient (Wildman–Crippen LogP) is 1.64. The average molecular weight is 1380 g/mol. The number of amides is 9. The Hall–Kier alpha value is -10.3. The molecule has 0 aliphatic carbocycles. The van der Waals surface area contributed by atoms with Crippen LogP contribution in [0, 0.1) is 5.41 Å². The van der Waals surface area contributed by atoms with Crippen LogP contribution in [0.25, 0.3) is 21.5 Å². The molecule has 2 fully saturated rings. The molecule has 0 aromatic heterocycles. The lowest BCUT2D eigenvalue weighted by Gasteiger charge is -2.36. The maximum absolute atomic E-state index is 15.1. The van der Waals surface area contributed by atoms with Crippen molar-refractivity contribution in [3.63, 3.8) is 0 Å². The molecule has 4 heterocycles. The monoisotopic (exact) mass is 1380 g/mol. The fraction of sp³-hybridized carbons (Fsp3) is 0.444. The number of rotatable bonds is 16. The summed E-state index contributed by atoms with van der Waals surface area (Å²) in [6.45, 7) is 7.53. The zero-order valence-corrected chi connectivity index (χ0v) is 56.9. The Morgan fingerprint density at radius 1 is 0.580 bits per heavy atom. The molecule has 9 amide bonds. The number of hydrogen-bond acceptors (Lipinski definition) is 16. The highest BCUT2D eigenvalue weighted by atomic mass is 16.5. The van der Waals surface area contributed by atoms with E-state index in [1.54, 1.807) is 101 Å². The third kappa shape index (κ3) is 20.4. The van der Waals surface area contributed by atoms with Crippen LogP contribution in [0.15, 0.2) is 121 Å². The molecule has 28 heteroatoms. The lowest BCUT2D eigenvalue weighted by Crippen LogP contribution is -2.61. The van der Waals surface area contributed by atoms with Crippen molar-refractivity contribution in [3.8, 4) is 5.75 Å². The lowest BCUT2D eigenvalue weighted by atomic mass is 9.85. The Balaban J connectivity index is 1.14. The van der Waals surface area contributed by atoms with E-state index in [1.165, 1.54) is 18.9 Å². The highest BCUT2D eigenvalue weighted by Crippen LogP contribution is 2.29. The molecule has 6 bridgehead atoms. The molecule has 12 atom stereocenters. The normalized spacial score (nSPS) is 23.2. The molecule has 534 valence electrons. The number of fused-ring (bicyclic) bond motifs is 23. The minimum Gasteiger partial charge on any atom is -0.490 e. The maximum atomic E-state index is 15.1. The molecule has 5 aromatic carbocycles. The Kier molecular flexibility index (Phi) is 26.0. The van der Waals surface area contributed by atoms with E-state index < -0.39 is 168 Å². The summed E-state index contributed by atoms with van der Waals surface area (Å²) in [4.78, 5) is 171. The minimum absolute atomic E-state index is 0.01000. The first-order valence-electron chi connectivity index (χ1n) is 33.3. The number of carbonyl (C=O) groups is 12. The number of carboxylic acid groups (broad SMARTS) is 3. The minimum atomic E-state index is -1.78. The van der Waals surface area contributed by atoms with Crippen LogP contribution in [-0.4, -0.2) is 209 Å². The highest BCUT2D eigenvalue weighted by molar-refractivity contribution is 5.99. The second kappa shape index (κ2) is 34.4. The molecule has 0 saturated carbocycles. The number of nitrogens with zero attached hydrogens (tertiary/aromatic N) is 2. The molecular formula is C72H89N11O17. The smallest absolute Gasteiger partial charge is 0.326 e. The fourth-order valence-electron chi connectivity index (χ4n) is 12.2. The largest absolute Gasteiger partial charge is 0.490 e. The van der Waals surface area contributed by atoms with Crippen molar-refractivity contribution >= 4 is 92.6 Å². The Bertz CT molecular complexity index is 3880. The van der Waals surface area contributed by atoms with Gasteiger partial charge in [-0.05, 0) is 103 Å². The van der Waals surface area contributed by atoms with Gasteiger partial charge in [0.25, 0.3) is 0 Å². The third-order valence-corrected chi connectivity index (χ3v) is 18.1. The summed E-state index contributed by atoms with van der Waals surface area (Å²) in [5, 5.41) is 58.8. The fourth-order valence-corrected chi connectivity index (χ4v) is 12.2. The van der Waals surface area contributed by atoms with Gasteiger partial charge in [-0.15, -0.1) is 0 Å². The van der Waals surface area contributed by atoms with Crippen LogP contribution in [0.3, 0.4) is 0 Å². The number of carboxylic acids is 3. The molecule has 2 saturated heterocycles. The van der Waals surface area contributed by atoms with Crippen LogP contribution in [0.1, 0.15) is 83.4 Å². The molecule has 0 radical (unpaired) electrons. The van der Waals surface area contributed by atoms with Crippen LogP contribution in [0.4, 0.5) is 0 Å². The summed E-state index contributed by atoms with van der Waals surface area (Å²) in [6.07, 6.45) is -0.652. The molecular weight excluding hydrogens is 1290 g/mol. The summed E-state index contributed by atoms with van der Waals surface area (Å²) in [7, 11) is 3.05. The second-order valence-electron chi connectivity index (χ2n) is 26.6. The van der Waals surface area contributed by atoms with E-state index in [-0.39, 0.29) is 58.4 Å². The van der Waals surface area contributed by atoms with Crippen molar-refractivity contribution in [2.75, 3.05) is 40.4 Å². The molecule has 12 N–H and O–H groups in total. The van der Waals surface area contributed by atoms with Crippen LogP contribution in [0.2, 0.25) is 0 Å². The maximum Gasteiger partial charge on any atom is 0.326 e. The van der Waals surface area contributed by atoms with Crippen molar-refractivity contribution in [1.82, 2.24) is 57.7 Å². The average Bonchev–Trinajstić information content (AvgIpc) is 1.61. The van der Waals surface area contributed by atoms with Crippen LogP contribution >= 0.6 is 0 Å². The van der Waals surface area contributed by atoms with Crippen molar-refractivity contribution in [3.05, 3.63) is 138 Å². The van der Waals surface area contributed by atoms with Crippen LogP contribution in [0.5, 0.6) is 5.75 Å². The predicted molar refractivity (Wildman–Crippen MR) is 367 cm³/mol. The number of nitrogens with one attached hydrogen (secondary N) is 9. The number of hydrogen-bond donors (Lipinski definition) is 12. The Labute approximate surface area is 578 Å². The molecule has 100 heavy (non-hydrogen) atoms. The van der Waals surface area contributed by atoms with Crippen molar-refractivity contribution in [2.45, 2.75) is 159 Å². The summed E-state index contributed by atoms with van der Waals surface area (Å²) in [6, 6.07) is 17.2. The third-order valence-electron chi connectivity index (χ3n) is 18.1. The number of likely N-dealkylation sites (N-methyl/N-ethyl adjacent to an activating group) is 2. The zero-order chi connectivity index (χ0) is 72.5. The standard InChI is InChI=1S/C72H89N11O17/c1-40(73-6)62(87)79-55(37-60(85)86)68(93)83-39-51-36-58(83)67(92)78-53(33-43-18-22-45-14-8-10-16-47(45)30-43)64(89)76-52(70(95)96)26-27-59(84)75-49-35-57(82(38-49)69(94)61(72(3,4)5)81-63(88)41(2)74-7)66(91)77-54(34-44-19-23-46-15-9-11-17-48(46)31-44)65(90)80-56(71(97)98)32-42-20-24-50(25-21-42)99-28-12-13-29-100-51/h8-25,30-31,40-41,49,51-58,61,73-74H,26-29,32-39H2,1-7H3,(H,75,84)(H,76,89)(H,77,91)(H,78,92)(H,79,87)(H,80,90)(H,81,88)(H,85,86)(H,95,96)(H,97,98)/b13-12+/t40-,41-,49-,51-,52-,53-,54-,55-,56-,57-,58-,61+/m0/s1. The van der Waals surface area contributed by atoms with E-state index in [0.717, 1.165) is 26.4 Å². The summed E-state index contributed by atoms with van der Waals surface area (Å²) in [5.74, 6) is -11.3. The van der Waals surface area contributed by atoms with Crippen molar-refractivity contribution in [2.24, 2.45) is 5.41 Å². The first-order valence-corrected chi connectivity index (χ1v) is 33.3. The van der Waals surface area contributed by atoms with E-state index in [0.29, 0.717) is 22.4 Å². The topological polar surface area (TPSA) is 399 Å². The van der Waals surface area contributed by atoms with Gasteiger partial charge < -0.3 is 82.4 Å². The van der Waals surface area contributed by atoms with E-state index >= 15 is 9.59 Å². The van der Waals surface area contributed by atoms with Gasteiger partial charge in [0.05, 0.1) is 31.2 Å². The van der Waals surface area contributed by atoms with E-state index in [9.17, 15) is 63.3 Å². The summed E-state index contributed by atoms with van der Waals surface area (Å²) >= 11 is 0. The molecule has 9 rings (SSSR count). The van der Waals surface area contributed by atoms with Crippen molar-refractivity contribution in [1.29, 1.82) is 0 Å². The Morgan fingerprint density at radius 3 is 1.62 bits per heavy atom. The van der Waals surface area contributed by atoms with Gasteiger partial charge in [0.15, 0.2) is 0 Å². The van der Waals surface area contributed by atoms with E-state index in [1.807, 2.05) is 54.6 Å². The summed E-state index contributed by atoms with van der Waals surface area (Å²) in [5.41, 5.74) is 0.615. The first-order chi connectivity index (χ1) is 47.6.